The van der Waals surface area contributed by atoms with E-state index in [0.29, 0.717) is 25.4 Å². The van der Waals surface area contributed by atoms with Gasteiger partial charge in [0.25, 0.3) is 0 Å². The molecule has 0 aromatic rings. The molecule has 4 aliphatic rings. The highest BCUT2D eigenvalue weighted by Crippen LogP contribution is 2.69. The molecular formula is C21H36O4. The Hall–Kier alpha value is -0.610. The van der Waals surface area contributed by atoms with Crippen LogP contribution in [0.3, 0.4) is 0 Å². The summed E-state index contributed by atoms with van der Waals surface area (Å²) in [4.78, 5) is 12.6. The van der Waals surface area contributed by atoms with Crippen molar-refractivity contribution in [1.82, 2.24) is 0 Å². The lowest BCUT2D eigenvalue weighted by molar-refractivity contribution is -0.295. The van der Waals surface area contributed by atoms with E-state index < -0.39 is 16.6 Å². The molecule has 0 spiro atoms. The van der Waals surface area contributed by atoms with Gasteiger partial charge in [-0.2, -0.15) is 0 Å². The Morgan fingerprint density at radius 2 is 1.72 bits per heavy atom. The van der Waals surface area contributed by atoms with Gasteiger partial charge in [-0.3, -0.25) is 4.79 Å². The number of hydrogen-bond acceptors (Lipinski definition) is 4. The van der Waals surface area contributed by atoms with Gasteiger partial charge in [0.05, 0.1) is 23.2 Å². The van der Waals surface area contributed by atoms with Gasteiger partial charge in [0.15, 0.2) is 0 Å². The maximum atomic E-state index is 12.6. The van der Waals surface area contributed by atoms with Gasteiger partial charge < -0.3 is 14.9 Å². The summed E-state index contributed by atoms with van der Waals surface area (Å²) >= 11 is 0. The molecule has 0 heterocycles. The summed E-state index contributed by atoms with van der Waals surface area (Å²) in [6, 6.07) is 0. The average molecular weight is 353 g/mol. The predicted octanol–water partition coefficient (Wildman–Crippen LogP) is 3.68. The molecule has 5 unspecified atom stereocenters. The van der Waals surface area contributed by atoms with E-state index in [4.69, 9.17) is 4.74 Å². The first-order chi connectivity index (χ1) is 11.3. The Balaban J connectivity index is 1.92. The monoisotopic (exact) mass is 352 g/mol. The highest BCUT2D eigenvalue weighted by atomic mass is 16.5. The van der Waals surface area contributed by atoms with Gasteiger partial charge in [0.1, 0.15) is 0 Å². The summed E-state index contributed by atoms with van der Waals surface area (Å²) in [6.45, 7) is 12.6. The molecule has 2 N–H and O–H groups in total. The molecule has 0 aliphatic heterocycles. The third-order valence-corrected chi connectivity index (χ3v) is 7.27. The fourth-order valence-corrected chi connectivity index (χ4v) is 6.88. The third-order valence-electron chi connectivity index (χ3n) is 7.27. The molecule has 4 bridgehead atoms. The van der Waals surface area contributed by atoms with Gasteiger partial charge in [0, 0.05) is 17.8 Å². The van der Waals surface area contributed by atoms with Crippen molar-refractivity contribution < 1.29 is 19.7 Å². The van der Waals surface area contributed by atoms with E-state index in [1.54, 1.807) is 0 Å². The molecule has 4 saturated carbocycles. The van der Waals surface area contributed by atoms with Crippen LogP contribution in [-0.4, -0.2) is 34.0 Å². The maximum Gasteiger partial charge on any atom is 0.311 e. The molecular weight excluding hydrogens is 316 g/mol. The molecule has 4 nitrogen and oxygen atoms in total. The summed E-state index contributed by atoms with van der Waals surface area (Å²) < 4.78 is 5.84. The number of hydrogen-bond donors (Lipinski definition) is 2. The zero-order chi connectivity index (χ0) is 18.9. The van der Waals surface area contributed by atoms with E-state index in [0.717, 1.165) is 25.7 Å². The van der Waals surface area contributed by atoms with Gasteiger partial charge in [-0.25, -0.2) is 0 Å². The summed E-state index contributed by atoms with van der Waals surface area (Å²) in [5.74, 6) is 0.188. The Bertz CT molecular complexity index is 563. The molecule has 144 valence electrons. The lowest BCUT2D eigenvalue weighted by Gasteiger charge is -2.69. The first-order valence-corrected chi connectivity index (χ1v) is 9.87. The van der Waals surface area contributed by atoms with Crippen molar-refractivity contribution >= 4 is 5.97 Å². The van der Waals surface area contributed by atoms with Crippen LogP contribution in [0.25, 0.3) is 0 Å². The number of aliphatic hydroxyl groups is 2. The fourth-order valence-electron chi connectivity index (χ4n) is 6.88. The number of rotatable bonds is 4. The summed E-state index contributed by atoms with van der Waals surface area (Å²) in [6.07, 6.45) is 4.34. The largest absolute Gasteiger partial charge is 0.465 e. The summed E-state index contributed by atoms with van der Waals surface area (Å²) in [7, 11) is 0. The summed E-state index contributed by atoms with van der Waals surface area (Å²) in [5, 5.41) is 22.6. The van der Waals surface area contributed by atoms with Gasteiger partial charge in [-0.1, -0.05) is 27.7 Å². The topological polar surface area (TPSA) is 66.8 Å². The molecule has 4 aliphatic carbocycles. The Kier molecular flexibility index (Phi) is 4.18. The van der Waals surface area contributed by atoms with Crippen LogP contribution >= 0.6 is 0 Å². The van der Waals surface area contributed by atoms with E-state index in [2.05, 4.69) is 20.8 Å². The Morgan fingerprint density at radius 3 is 2.24 bits per heavy atom. The second-order valence-electron chi connectivity index (χ2n) is 11.1. The highest BCUT2D eigenvalue weighted by molar-refractivity contribution is 5.75. The molecule has 5 atom stereocenters. The van der Waals surface area contributed by atoms with Crippen LogP contribution in [0.15, 0.2) is 0 Å². The smallest absolute Gasteiger partial charge is 0.311 e. The van der Waals surface area contributed by atoms with E-state index in [1.165, 1.54) is 0 Å². The van der Waals surface area contributed by atoms with E-state index in [1.807, 2.05) is 20.8 Å². The molecule has 25 heavy (non-hydrogen) atoms. The normalized spacial score (nSPS) is 43.4. The van der Waals surface area contributed by atoms with Gasteiger partial charge in [0.2, 0.25) is 0 Å². The predicted molar refractivity (Wildman–Crippen MR) is 96.9 cm³/mol. The first-order valence-electron chi connectivity index (χ1n) is 9.87. The number of carbonyl (C=O) groups is 1. The van der Waals surface area contributed by atoms with E-state index in [9.17, 15) is 15.0 Å². The lowest BCUT2D eigenvalue weighted by Crippen LogP contribution is -2.71. The van der Waals surface area contributed by atoms with Crippen molar-refractivity contribution in [2.75, 3.05) is 6.61 Å². The van der Waals surface area contributed by atoms with Gasteiger partial charge in [-0.15, -0.1) is 0 Å². The Labute approximate surface area is 152 Å². The Morgan fingerprint density at radius 1 is 1.08 bits per heavy atom. The number of carbonyl (C=O) groups excluding carboxylic acids is 1. The minimum Gasteiger partial charge on any atom is -0.465 e. The molecule has 4 rings (SSSR count). The van der Waals surface area contributed by atoms with Crippen molar-refractivity contribution in [1.29, 1.82) is 0 Å². The van der Waals surface area contributed by atoms with Gasteiger partial charge >= 0.3 is 5.97 Å². The van der Waals surface area contributed by atoms with Crippen molar-refractivity contribution in [3.63, 3.8) is 0 Å². The SMILES string of the molecule is CCC(C)(C)C(=O)OCC12CC3CC(O)(CC(O)(C3)C1C(C)(C)C)C2. The van der Waals surface area contributed by atoms with Crippen LogP contribution in [0.4, 0.5) is 0 Å². The second-order valence-corrected chi connectivity index (χ2v) is 11.1. The highest BCUT2D eigenvalue weighted by Gasteiger charge is 2.70. The van der Waals surface area contributed by atoms with E-state index in [-0.39, 0.29) is 22.7 Å². The molecule has 0 saturated heterocycles. The fraction of sp³-hybridized carbons (Fsp3) is 0.952. The van der Waals surface area contributed by atoms with Crippen molar-refractivity contribution in [2.45, 2.75) is 91.3 Å². The van der Waals surface area contributed by atoms with Crippen LogP contribution in [0.1, 0.15) is 80.1 Å². The minimum atomic E-state index is -0.848. The molecule has 0 radical (unpaired) electrons. The standard InChI is InChI=1S/C21H36O4/c1-7-18(5,6)16(22)25-13-19-8-14-9-20(23,11-19)12-21(24,10-14)15(19)17(2,3)4/h14-15,23-24H,7-13H2,1-6H3. The van der Waals surface area contributed by atoms with Crippen LogP contribution in [-0.2, 0) is 9.53 Å². The minimum absolute atomic E-state index is 0.0295. The van der Waals surface area contributed by atoms with Crippen LogP contribution in [0.5, 0.6) is 0 Å². The summed E-state index contributed by atoms with van der Waals surface area (Å²) in [5.41, 5.74) is -2.57. The zero-order valence-electron chi connectivity index (χ0n) is 16.8. The number of esters is 1. The lowest BCUT2D eigenvalue weighted by atomic mass is 9.38. The van der Waals surface area contributed by atoms with Crippen molar-refractivity contribution in [3.05, 3.63) is 0 Å². The molecule has 4 fully saturated rings. The first kappa shape index (κ1) is 19.2. The third kappa shape index (κ3) is 3.03. The molecule has 0 aromatic carbocycles. The van der Waals surface area contributed by atoms with E-state index >= 15 is 0 Å². The van der Waals surface area contributed by atoms with Crippen LogP contribution < -0.4 is 0 Å². The zero-order valence-corrected chi connectivity index (χ0v) is 16.8. The quantitative estimate of drug-likeness (QED) is 0.757. The van der Waals surface area contributed by atoms with Crippen LogP contribution in [0.2, 0.25) is 0 Å². The molecule has 0 amide bonds. The average Bonchev–Trinajstić information content (AvgIpc) is 2.39. The molecule has 4 heteroatoms. The molecule has 0 aromatic heterocycles. The maximum absolute atomic E-state index is 12.6. The second kappa shape index (κ2) is 5.45. The number of ether oxygens (including phenoxy) is 1. The van der Waals surface area contributed by atoms with Crippen LogP contribution in [0, 0.1) is 28.1 Å². The van der Waals surface area contributed by atoms with Crippen molar-refractivity contribution in [2.24, 2.45) is 28.1 Å². The van der Waals surface area contributed by atoms with Crippen molar-refractivity contribution in [3.8, 4) is 0 Å². The van der Waals surface area contributed by atoms with Gasteiger partial charge in [-0.05, 0) is 57.3 Å².